The summed E-state index contributed by atoms with van der Waals surface area (Å²) in [5.74, 6) is 1.46. The first-order chi connectivity index (χ1) is 16.2. The Labute approximate surface area is 213 Å². The maximum absolute atomic E-state index is 5.58. The Morgan fingerprint density at radius 3 is 1.64 bits per heavy atom. The summed E-state index contributed by atoms with van der Waals surface area (Å²) in [7, 11) is 13.0. The number of nitrogens with zero attached hydrogens (tertiary/aromatic N) is 2. The van der Waals surface area contributed by atoms with E-state index in [9.17, 15) is 0 Å². The Hall–Kier alpha value is -0.992. The van der Waals surface area contributed by atoms with Gasteiger partial charge in [-0.2, -0.15) is 0 Å². The SMILES string of the molecule is CCCOCOCC.COCCOc1ccnc(-c2cc(OCCOC)ccn2)c1.[Cl][Pt][Cl]. The number of aromatic nitrogens is 2. The van der Waals surface area contributed by atoms with E-state index >= 15 is 0 Å². The van der Waals surface area contributed by atoms with Gasteiger partial charge in [-0.05, 0) is 25.5 Å². The van der Waals surface area contributed by atoms with Gasteiger partial charge in [0.25, 0.3) is 0 Å². The minimum absolute atomic E-state index is 0.449. The molecule has 0 N–H and O–H groups in total. The van der Waals surface area contributed by atoms with E-state index in [2.05, 4.69) is 16.9 Å². The van der Waals surface area contributed by atoms with Crippen LogP contribution in [0.25, 0.3) is 11.4 Å². The van der Waals surface area contributed by atoms with Crippen molar-refractivity contribution in [3.8, 4) is 22.9 Å². The molecule has 2 rings (SSSR count). The molecule has 2 heterocycles. The molecule has 0 bridgehead atoms. The van der Waals surface area contributed by atoms with Crippen LogP contribution in [0.1, 0.15) is 20.3 Å². The first-order valence-electron chi connectivity index (χ1n) is 10.3. The van der Waals surface area contributed by atoms with Crippen LogP contribution in [0.15, 0.2) is 36.7 Å². The van der Waals surface area contributed by atoms with Crippen LogP contribution in [0.5, 0.6) is 11.5 Å². The molecule has 8 nitrogen and oxygen atoms in total. The van der Waals surface area contributed by atoms with Crippen LogP contribution in [0.2, 0.25) is 0 Å². The van der Waals surface area contributed by atoms with Gasteiger partial charge in [0, 0.05) is 52.0 Å². The molecule has 0 fully saturated rings. The fourth-order valence-corrected chi connectivity index (χ4v) is 2.11. The zero-order chi connectivity index (χ0) is 24.6. The van der Waals surface area contributed by atoms with E-state index in [-0.39, 0.29) is 0 Å². The molecule has 0 aliphatic rings. The molecule has 0 aromatic carbocycles. The normalized spacial score (nSPS) is 10.0. The number of rotatable bonds is 14. The van der Waals surface area contributed by atoms with Crippen LogP contribution in [-0.2, 0) is 35.4 Å². The predicted octanol–water partition coefficient (Wildman–Crippen LogP) is 4.98. The summed E-state index contributed by atoms with van der Waals surface area (Å²) in [6, 6.07) is 7.30. The van der Waals surface area contributed by atoms with Gasteiger partial charge in [0.05, 0.1) is 24.6 Å². The minimum atomic E-state index is -0.472. The van der Waals surface area contributed by atoms with Crippen molar-refractivity contribution < 1.29 is 44.9 Å². The van der Waals surface area contributed by atoms with Gasteiger partial charge in [-0.3, -0.25) is 9.97 Å². The van der Waals surface area contributed by atoms with Crippen molar-refractivity contribution in [2.45, 2.75) is 20.3 Å². The molecule has 2 aromatic heterocycles. The van der Waals surface area contributed by atoms with Crippen molar-refractivity contribution in [3.63, 3.8) is 0 Å². The summed E-state index contributed by atoms with van der Waals surface area (Å²) in [6.07, 6.45) is 4.45. The molecule has 0 radical (unpaired) electrons. The second-order valence-electron chi connectivity index (χ2n) is 6.00. The fourth-order valence-electron chi connectivity index (χ4n) is 2.11. The van der Waals surface area contributed by atoms with E-state index in [4.69, 9.17) is 47.3 Å². The molecular weight excluding hydrogens is 654 g/mol. The van der Waals surface area contributed by atoms with Crippen LogP contribution in [0.4, 0.5) is 0 Å². The zero-order valence-corrected chi connectivity index (χ0v) is 23.3. The van der Waals surface area contributed by atoms with Crippen molar-refractivity contribution >= 4 is 18.8 Å². The average Bonchev–Trinajstić information content (AvgIpc) is 2.84. The zero-order valence-electron chi connectivity index (χ0n) is 19.5. The number of halogens is 2. The van der Waals surface area contributed by atoms with Gasteiger partial charge in [0.2, 0.25) is 0 Å². The fraction of sp³-hybridized carbons (Fsp3) is 0.545. The number of hydrogen-bond acceptors (Lipinski definition) is 8. The third-order valence-corrected chi connectivity index (χ3v) is 3.56. The Bertz CT molecular complexity index is 646. The van der Waals surface area contributed by atoms with Crippen molar-refractivity contribution in [2.75, 3.05) is 60.7 Å². The quantitative estimate of drug-likeness (QED) is 0.203. The number of methoxy groups -OCH3 is 2. The Kier molecular flexibility index (Phi) is 23.4. The van der Waals surface area contributed by atoms with Gasteiger partial charge < -0.3 is 28.4 Å². The van der Waals surface area contributed by atoms with Crippen LogP contribution >= 0.6 is 18.8 Å². The molecule has 0 atom stereocenters. The van der Waals surface area contributed by atoms with Gasteiger partial charge in [0.15, 0.2) is 0 Å². The van der Waals surface area contributed by atoms with Crippen LogP contribution in [0, 0.1) is 0 Å². The van der Waals surface area contributed by atoms with E-state index < -0.39 is 16.5 Å². The topological polar surface area (TPSA) is 81.2 Å². The summed E-state index contributed by atoms with van der Waals surface area (Å²) in [6.45, 7) is 8.09. The predicted molar refractivity (Wildman–Crippen MR) is 127 cm³/mol. The Morgan fingerprint density at radius 1 is 0.758 bits per heavy atom. The summed E-state index contributed by atoms with van der Waals surface area (Å²) in [5.41, 5.74) is 1.46. The maximum atomic E-state index is 5.58. The molecule has 0 saturated carbocycles. The van der Waals surface area contributed by atoms with Crippen molar-refractivity contribution in [2.24, 2.45) is 0 Å². The summed E-state index contributed by atoms with van der Waals surface area (Å²) in [5, 5.41) is 0. The first-order valence-corrected chi connectivity index (χ1v) is 15.9. The molecule has 0 aliphatic heterocycles. The standard InChI is InChI=1S/C16H20N2O4.C6H14O2.2ClH.Pt/c1-19-7-9-21-13-3-5-17-15(11-13)16-12-14(4-6-18-16)22-10-8-20-2;1-3-5-8-6-7-4-2;;;/h3-6,11-12H,7-10H2,1-2H3;3-6H2,1-2H3;2*1H;/q;;;;+2/p-2. The van der Waals surface area contributed by atoms with E-state index in [1.807, 2.05) is 19.1 Å². The van der Waals surface area contributed by atoms with E-state index in [0.29, 0.717) is 33.2 Å². The molecule has 0 spiro atoms. The van der Waals surface area contributed by atoms with Gasteiger partial charge in [-0.1, -0.05) is 6.92 Å². The number of pyridine rings is 2. The van der Waals surface area contributed by atoms with Crippen LogP contribution < -0.4 is 9.47 Å². The van der Waals surface area contributed by atoms with Crippen LogP contribution in [-0.4, -0.2) is 70.6 Å². The second-order valence-corrected chi connectivity index (χ2v) is 9.28. The Morgan fingerprint density at radius 2 is 1.24 bits per heavy atom. The average molecular weight is 689 g/mol. The van der Waals surface area contributed by atoms with Crippen molar-refractivity contribution in [3.05, 3.63) is 36.7 Å². The van der Waals surface area contributed by atoms with Gasteiger partial charge in [0.1, 0.15) is 31.5 Å². The van der Waals surface area contributed by atoms with Gasteiger partial charge in [-0.25, -0.2) is 0 Å². The van der Waals surface area contributed by atoms with Crippen molar-refractivity contribution in [1.29, 1.82) is 0 Å². The molecule has 33 heavy (non-hydrogen) atoms. The molecule has 0 saturated heterocycles. The summed E-state index contributed by atoms with van der Waals surface area (Å²) < 4.78 is 31.0. The molecular formula is C22H34Cl2N2O6Pt. The second kappa shape index (κ2) is 24.1. The number of ether oxygens (including phenoxy) is 6. The summed E-state index contributed by atoms with van der Waals surface area (Å²) >= 11 is -0.472. The molecule has 11 heteroatoms. The third-order valence-electron chi connectivity index (χ3n) is 3.56. The van der Waals surface area contributed by atoms with Gasteiger partial charge >= 0.3 is 35.3 Å². The summed E-state index contributed by atoms with van der Waals surface area (Å²) in [4.78, 5) is 8.64. The molecule has 0 amide bonds. The van der Waals surface area contributed by atoms with E-state index in [1.165, 1.54) is 0 Å². The molecule has 2 aromatic rings. The van der Waals surface area contributed by atoms with E-state index in [1.54, 1.807) is 38.7 Å². The molecule has 0 aliphatic carbocycles. The third kappa shape index (κ3) is 18.1. The molecule has 192 valence electrons. The first kappa shape index (κ1) is 32.0. The monoisotopic (exact) mass is 687 g/mol. The van der Waals surface area contributed by atoms with E-state index in [0.717, 1.165) is 42.5 Å². The van der Waals surface area contributed by atoms with Crippen LogP contribution in [0.3, 0.4) is 0 Å². The van der Waals surface area contributed by atoms with Gasteiger partial charge in [-0.15, -0.1) is 0 Å². The number of hydrogen-bond donors (Lipinski definition) is 0. The molecule has 0 unspecified atom stereocenters. The Balaban J connectivity index is 0.000000780. The van der Waals surface area contributed by atoms with Crippen molar-refractivity contribution in [1.82, 2.24) is 9.97 Å².